The van der Waals surface area contributed by atoms with Crippen molar-refractivity contribution >= 4 is 34.3 Å². The van der Waals surface area contributed by atoms with Crippen molar-refractivity contribution in [2.24, 2.45) is 0 Å². The van der Waals surface area contributed by atoms with E-state index in [4.69, 9.17) is 11.6 Å². The molecule has 0 aliphatic heterocycles. The number of nitrogens with zero attached hydrogens (tertiary/aromatic N) is 1. The highest BCUT2D eigenvalue weighted by Gasteiger charge is 2.05. The summed E-state index contributed by atoms with van der Waals surface area (Å²) >= 11 is 9.11. The van der Waals surface area contributed by atoms with Crippen LogP contribution in [-0.4, -0.2) is 4.98 Å². The summed E-state index contributed by atoms with van der Waals surface area (Å²) in [4.78, 5) is 6.96. The van der Waals surface area contributed by atoms with Crippen molar-refractivity contribution in [3.05, 3.63) is 28.1 Å². The van der Waals surface area contributed by atoms with Crippen molar-refractivity contribution in [1.82, 2.24) is 4.98 Å². The zero-order chi connectivity index (χ0) is 9.26. The molecule has 0 aromatic carbocycles. The van der Waals surface area contributed by atoms with Crippen molar-refractivity contribution < 1.29 is 0 Å². The SMILES string of the molecule is Cc1ccc(-c2nc(CCl)cs2)s1. The third-order valence-electron chi connectivity index (χ3n) is 1.64. The van der Waals surface area contributed by atoms with Crippen molar-refractivity contribution in [1.29, 1.82) is 0 Å². The lowest BCUT2D eigenvalue weighted by Gasteiger charge is -1.86. The van der Waals surface area contributed by atoms with Gasteiger partial charge < -0.3 is 0 Å². The summed E-state index contributed by atoms with van der Waals surface area (Å²) in [5.41, 5.74) is 0.965. The lowest BCUT2D eigenvalue weighted by molar-refractivity contribution is 1.23. The average Bonchev–Trinajstić information content (AvgIpc) is 2.71. The Morgan fingerprint density at radius 2 is 2.31 bits per heavy atom. The van der Waals surface area contributed by atoms with Gasteiger partial charge in [-0.15, -0.1) is 34.3 Å². The van der Waals surface area contributed by atoms with Gasteiger partial charge in [0, 0.05) is 10.3 Å². The standard InChI is InChI=1S/C9H8ClNS2/c1-6-2-3-8(13-6)9-11-7(4-10)5-12-9/h2-3,5H,4H2,1H3. The van der Waals surface area contributed by atoms with Crippen LogP contribution in [-0.2, 0) is 5.88 Å². The molecule has 0 atom stereocenters. The normalized spacial score (nSPS) is 10.6. The van der Waals surface area contributed by atoms with Crippen LogP contribution in [0.5, 0.6) is 0 Å². The first-order valence-electron chi connectivity index (χ1n) is 3.87. The van der Waals surface area contributed by atoms with Gasteiger partial charge in [0.05, 0.1) is 16.5 Å². The number of aromatic nitrogens is 1. The Hall–Kier alpha value is -0.380. The summed E-state index contributed by atoms with van der Waals surface area (Å²) in [6.45, 7) is 2.10. The molecule has 1 nitrogen and oxygen atoms in total. The molecule has 0 spiro atoms. The van der Waals surface area contributed by atoms with Crippen LogP contribution in [0.3, 0.4) is 0 Å². The molecule has 0 amide bonds. The van der Waals surface area contributed by atoms with Crippen LogP contribution in [0.15, 0.2) is 17.5 Å². The number of aryl methyl sites for hydroxylation is 1. The largest absolute Gasteiger partial charge is 0.239 e. The maximum Gasteiger partial charge on any atom is 0.133 e. The monoisotopic (exact) mass is 229 g/mol. The maximum absolute atomic E-state index is 5.68. The molecule has 0 saturated carbocycles. The number of thiophene rings is 1. The van der Waals surface area contributed by atoms with E-state index in [0.717, 1.165) is 10.7 Å². The van der Waals surface area contributed by atoms with Gasteiger partial charge in [0.2, 0.25) is 0 Å². The molecule has 2 rings (SSSR count). The Kier molecular flexibility index (Phi) is 2.67. The van der Waals surface area contributed by atoms with Gasteiger partial charge in [-0.1, -0.05) is 0 Å². The zero-order valence-corrected chi connectivity index (χ0v) is 9.47. The first-order valence-corrected chi connectivity index (χ1v) is 6.10. The molecule has 2 aromatic rings. The van der Waals surface area contributed by atoms with E-state index in [0.29, 0.717) is 5.88 Å². The van der Waals surface area contributed by atoms with Crippen LogP contribution in [0, 0.1) is 6.92 Å². The number of halogens is 1. The van der Waals surface area contributed by atoms with Crippen LogP contribution in [0.25, 0.3) is 9.88 Å². The van der Waals surface area contributed by atoms with E-state index in [9.17, 15) is 0 Å². The molecule has 0 saturated heterocycles. The fourth-order valence-electron chi connectivity index (χ4n) is 1.03. The van der Waals surface area contributed by atoms with Crippen molar-refractivity contribution in [3.8, 4) is 9.88 Å². The predicted octanol–water partition coefficient (Wildman–Crippen LogP) is 3.92. The minimum Gasteiger partial charge on any atom is -0.239 e. The first-order chi connectivity index (χ1) is 6.29. The lowest BCUT2D eigenvalue weighted by Crippen LogP contribution is -1.75. The van der Waals surface area contributed by atoms with Crippen LogP contribution in [0.2, 0.25) is 0 Å². The molecule has 2 heterocycles. The number of alkyl halides is 1. The Morgan fingerprint density at radius 1 is 1.46 bits per heavy atom. The second-order valence-electron chi connectivity index (χ2n) is 2.69. The smallest absolute Gasteiger partial charge is 0.133 e. The minimum atomic E-state index is 0.501. The summed E-state index contributed by atoms with van der Waals surface area (Å²) in [7, 11) is 0. The maximum atomic E-state index is 5.68. The van der Waals surface area contributed by atoms with Gasteiger partial charge in [-0.25, -0.2) is 4.98 Å². The topological polar surface area (TPSA) is 12.9 Å². The highest BCUT2D eigenvalue weighted by Crippen LogP contribution is 2.30. The van der Waals surface area contributed by atoms with E-state index in [1.807, 2.05) is 5.38 Å². The van der Waals surface area contributed by atoms with Crippen LogP contribution >= 0.6 is 34.3 Å². The van der Waals surface area contributed by atoms with E-state index >= 15 is 0 Å². The summed E-state index contributed by atoms with van der Waals surface area (Å²) in [5, 5.41) is 3.09. The van der Waals surface area contributed by atoms with E-state index < -0.39 is 0 Å². The number of rotatable bonds is 2. The molecule has 0 fully saturated rings. The second kappa shape index (κ2) is 3.78. The molecular weight excluding hydrogens is 222 g/mol. The summed E-state index contributed by atoms with van der Waals surface area (Å²) in [6, 6.07) is 4.22. The summed E-state index contributed by atoms with van der Waals surface area (Å²) in [5.74, 6) is 0.501. The lowest BCUT2D eigenvalue weighted by atomic mass is 10.4. The Balaban J connectivity index is 2.35. The molecule has 0 N–H and O–H groups in total. The van der Waals surface area contributed by atoms with Gasteiger partial charge in [-0.05, 0) is 19.1 Å². The van der Waals surface area contributed by atoms with E-state index in [2.05, 4.69) is 24.0 Å². The van der Waals surface area contributed by atoms with E-state index in [-0.39, 0.29) is 0 Å². The Morgan fingerprint density at radius 3 is 2.85 bits per heavy atom. The zero-order valence-electron chi connectivity index (χ0n) is 7.08. The molecule has 0 aliphatic rings. The Labute approximate surface area is 90.0 Å². The predicted molar refractivity (Wildman–Crippen MR) is 59.7 cm³/mol. The molecule has 0 unspecified atom stereocenters. The third kappa shape index (κ3) is 1.93. The minimum absolute atomic E-state index is 0.501. The molecule has 0 radical (unpaired) electrons. The number of thiazole rings is 1. The van der Waals surface area contributed by atoms with E-state index in [1.54, 1.807) is 22.7 Å². The second-order valence-corrected chi connectivity index (χ2v) is 5.10. The molecule has 0 bridgehead atoms. The molecular formula is C9H8ClNS2. The van der Waals surface area contributed by atoms with Crippen molar-refractivity contribution in [2.75, 3.05) is 0 Å². The highest BCUT2D eigenvalue weighted by molar-refractivity contribution is 7.21. The quantitative estimate of drug-likeness (QED) is 0.712. The fraction of sp³-hybridized carbons (Fsp3) is 0.222. The Bertz CT molecular complexity index is 405. The molecule has 0 aliphatic carbocycles. The van der Waals surface area contributed by atoms with Crippen molar-refractivity contribution in [2.45, 2.75) is 12.8 Å². The molecule has 13 heavy (non-hydrogen) atoms. The van der Waals surface area contributed by atoms with Gasteiger partial charge >= 0.3 is 0 Å². The third-order valence-corrected chi connectivity index (χ3v) is 3.97. The first kappa shape index (κ1) is 9.19. The van der Waals surface area contributed by atoms with E-state index in [1.165, 1.54) is 9.75 Å². The summed E-state index contributed by atoms with van der Waals surface area (Å²) < 4.78 is 0. The van der Waals surface area contributed by atoms with Gasteiger partial charge in [0.1, 0.15) is 5.01 Å². The van der Waals surface area contributed by atoms with Gasteiger partial charge in [-0.3, -0.25) is 0 Å². The van der Waals surface area contributed by atoms with Crippen LogP contribution in [0.4, 0.5) is 0 Å². The number of hydrogen-bond acceptors (Lipinski definition) is 3. The molecule has 68 valence electrons. The molecule has 4 heteroatoms. The van der Waals surface area contributed by atoms with Gasteiger partial charge in [0.25, 0.3) is 0 Å². The summed E-state index contributed by atoms with van der Waals surface area (Å²) in [6.07, 6.45) is 0. The van der Waals surface area contributed by atoms with Gasteiger partial charge in [-0.2, -0.15) is 0 Å². The average molecular weight is 230 g/mol. The number of hydrogen-bond donors (Lipinski definition) is 0. The van der Waals surface area contributed by atoms with Gasteiger partial charge in [0.15, 0.2) is 0 Å². The van der Waals surface area contributed by atoms with Crippen molar-refractivity contribution in [3.63, 3.8) is 0 Å². The van der Waals surface area contributed by atoms with Crippen LogP contribution in [0.1, 0.15) is 10.6 Å². The van der Waals surface area contributed by atoms with Crippen LogP contribution < -0.4 is 0 Å². The fourth-order valence-corrected chi connectivity index (χ4v) is 3.02. The highest BCUT2D eigenvalue weighted by atomic mass is 35.5. The molecule has 2 aromatic heterocycles.